The molecule has 0 unspecified atom stereocenters. The second kappa shape index (κ2) is 4.29. The highest BCUT2D eigenvalue weighted by molar-refractivity contribution is 5.80. The molecule has 0 aliphatic heterocycles. The first-order valence-corrected chi connectivity index (χ1v) is 4.89. The number of pyridine rings is 1. The summed E-state index contributed by atoms with van der Waals surface area (Å²) in [6, 6.07) is 4.89. The van der Waals surface area contributed by atoms with Gasteiger partial charge in [0, 0.05) is 11.5 Å². The Balaban J connectivity index is 2.46. The van der Waals surface area contributed by atoms with Gasteiger partial charge in [0.15, 0.2) is 0 Å². The van der Waals surface area contributed by atoms with Gasteiger partial charge in [-0.15, -0.1) is 13.2 Å². The summed E-state index contributed by atoms with van der Waals surface area (Å²) in [6.07, 6.45) is -9.57. The molecule has 0 spiro atoms. The highest BCUT2D eigenvalue weighted by Gasteiger charge is 2.33. The Bertz CT molecular complexity index is 604. The highest BCUT2D eigenvalue weighted by Crippen LogP contribution is 2.31. The largest absolute Gasteiger partial charge is 0.573 e. The summed E-state index contributed by atoms with van der Waals surface area (Å²) in [5.74, 6) is -0.619. The summed E-state index contributed by atoms with van der Waals surface area (Å²) in [7, 11) is 0. The number of fused-ring (bicyclic) bond motifs is 1. The van der Waals surface area contributed by atoms with E-state index in [2.05, 4.69) is 9.72 Å². The van der Waals surface area contributed by atoms with Gasteiger partial charge in [-0.25, -0.2) is 4.98 Å². The molecule has 0 fully saturated rings. The Kier molecular flexibility index (Phi) is 3.03. The van der Waals surface area contributed by atoms with Gasteiger partial charge < -0.3 is 4.74 Å². The standard InChI is InChI=1S/C11H5F6NO/c12-10(13,14)9-4-2-6-1-3-7(5-8(6)18-9)19-11(15,16)17/h1-5H. The minimum atomic E-state index is -4.91. The van der Waals surface area contributed by atoms with E-state index in [1.54, 1.807) is 0 Å². The number of benzene rings is 1. The molecule has 2 rings (SSSR count). The van der Waals surface area contributed by atoms with Gasteiger partial charge in [-0.1, -0.05) is 6.07 Å². The summed E-state index contributed by atoms with van der Waals surface area (Å²) in [6.45, 7) is 0. The molecule has 19 heavy (non-hydrogen) atoms. The van der Waals surface area contributed by atoms with Crippen molar-refractivity contribution in [3.63, 3.8) is 0 Å². The lowest BCUT2D eigenvalue weighted by atomic mass is 10.2. The van der Waals surface area contributed by atoms with E-state index in [4.69, 9.17) is 0 Å². The third-order valence-corrected chi connectivity index (χ3v) is 2.19. The lowest BCUT2D eigenvalue weighted by molar-refractivity contribution is -0.274. The number of hydrogen-bond donors (Lipinski definition) is 0. The number of aromatic nitrogens is 1. The number of halogens is 6. The van der Waals surface area contributed by atoms with Crippen LogP contribution >= 0.6 is 0 Å². The maximum Gasteiger partial charge on any atom is 0.573 e. The van der Waals surface area contributed by atoms with Crippen molar-refractivity contribution in [1.29, 1.82) is 0 Å². The van der Waals surface area contributed by atoms with Crippen LogP contribution in [0.15, 0.2) is 30.3 Å². The molecule has 0 N–H and O–H groups in total. The number of rotatable bonds is 1. The minimum absolute atomic E-state index is 0.225. The van der Waals surface area contributed by atoms with E-state index in [1.165, 1.54) is 6.07 Å². The molecule has 8 heteroatoms. The van der Waals surface area contributed by atoms with Gasteiger partial charge in [0.1, 0.15) is 11.4 Å². The molecule has 0 saturated carbocycles. The van der Waals surface area contributed by atoms with Gasteiger partial charge in [0.25, 0.3) is 0 Å². The predicted octanol–water partition coefficient (Wildman–Crippen LogP) is 4.15. The van der Waals surface area contributed by atoms with Gasteiger partial charge in [-0.05, 0) is 18.2 Å². The van der Waals surface area contributed by atoms with Gasteiger partial charge in [-0.3, -0.25) is 0 Å². The zero-order chi connectivity index (χ0) is 14.3. The SMILES string of the molecule is FC(F)(F)Oc1ccc2ccc(C(F)(F)F)nc2c1. The van der Waals surface area contributed by atoms with E-state index in [9.17, 15) is 26.3 Å². The van der Waals surface area contributed by atoms with Crippen LogP contribution in [0, 0.1) is 0 Å². The number of nitrogens with zero attached hydrogens (tertiary/aromatic N) is 1. The lowest BCUT2D eigenvalue weighted by Crippen LogP contribution is -2.17. The predicted molar refractivity (Wildman–Crippen MR) is 53.4 cm³/mol. The molecule has 1 heterocycles. The average Bonchev–Trinajstić information content (AvgIpc) is 2.24. The van der Waals surface area contributed by atoms with E-state index in [1.807, 2.05) is 0 Å². The molecule has 0 aliphatic rings. The van der Waals surface area contributed by atoms with Gasteiger partial charge >= 0.3 is 12.5 Å². The molecule has 2 aromatic rings. The van der Waals surface area contributed by atoms with E-state index in [0.29, 0.717) is 0 Å². The third kappa shape index (κ3) is 3.27. The quantitative estimate of drug-likeness (QED) is 0.732. The second-order valence-corrected chi connectivity index (χ2v) is 3.60. The monoisotopic (exact) mass is 281 g/mol. The zero-order valence-electron chi connectivity index (χ0n) is 9.01. The topological polar surface area (TPSA) is 22.1 Å². The van der Waals surface area contributed by atoms with Crippen molar-refractivity contribution in [3.05, 3.63) is 36.0 Å². The van der Waals surface area contributed by atoms with E-state index < -0.39 is 24.0 Å². The Labute approximate surface area is 102 Å². The molecule has 0 bridgehead atoms. The van der Waals surface area contributed by atoms with Gasteiger partial charge in [0.05, 0.1) is 5.52 Å². The molecule has 102 valence electrons. The third-order valence-electron chi connectivity index (χ3n) is 2.19. The molecule has 0 saturated heterocycles. The molecule has 0 amide bonds. The van der Waals surface area contributed by atoms with Gasteiger partial charge in [0.2, 0.25) is 0 Å². The normalized spacial score (nSPS) is 12.7. The van der Waals surface area contributed by atoms with Crippen molar-refractivity contribution < 1.29 is 31.1 Å². The number of ether oxygens (including phenoxy) is 1. The second-order valence-electron chi connectivity index (χ2n) is 3.60. The molecule has 0 atom stereocenters. The van der Waals surface area contributed by atoms with Crippen LogP contribution < -0.4 is 4.74 Å². The molecule has 0 aliphatic carbocycles. The number of hydrogen-bond acceptors (Lipinski definition) is 2. The maximum absolute atomic E-state index is 12.4. The summed E-state index contributed by atoms with van der Waals surface area (Å²) < 4.78 is 76.8. The highest BCUT2D eigenvalue weighted by atomic mass is 19.4. The molecule has 0 radical (unpaired) electrons. The molecular weight excluding hydrogens is 276 g/mol. The van der Waals surface area contributed by atoms with Crippen LogP contribution in [0.4, 0.5) is 26.3 Å². The van der Waals surface area contributed by atoms with Crippen LogP contribution in [0.5, 0.6) is 5.75 Å². The fraction of sp³-hybridized carbons (Fsp3) is 0.182. The maximum atomic E-state index is 12.4. The first kappa shape index (κ1) is 13.4. The molecule has 2 nitrogen and oxygen atoms in total. The molecule has 1 aromatic heterocycles. The Morgan fingerprint density at radius 3 is 2.11 bits per heavy atom. The lowest BCUT2D eigenvalue weighted by Gasteiger charge is -2.10. The average molecular weight is 281 g/mol. The van der Waals surface area contributed by atoms with Crippen molar-refractivity contribution in [2.45, 2.75) is 12.5 Å². The van der Waals surface area contributed by atoms with Crippen molar-refractivity contribution in [3.8, 4) is 5.75 Å². The summed E-state index contributed by atoms with van der Waals surface area (Å²) >= 11 is 0. The summed E-state index contributed by atoms with van der Waals surface area (Å²) in [4.78, 5) is 3.26. The smallest absolute Gasteiger partial charge is 0.406 e. The fourth-order valence-corrected chi connectivity index (χ4v) is 1.45. The first-order valence-electron chi connectivity index (χ1n) is 4.89. The van der Waals surface area contributed by atoms with Crippen LogP contribution in [0.3, 0.4) is 0 Å². The van der Waals surface area contributed by atoms with E-state index in [-0.39, 0.29) is 10.9 Å². The van der Waals surface area contributed by atoms with Crippen LogP contribution in [-0.2, 0) is 6.18 Å². The van der Waals surface area contributed by atoms with Crippen molar-refractivity contribution >= 4 is 10.9 Å². The molecular formula is C11H5F6NO. The Morgan fingerprint density at radius 1 is 0.895 bits per heavy atom. The van der Waals surface area contributed by atoms with Crippen molar-refractivity contribution in [2.24, 2.45) is 0 Å². The van der Waals surface area contributed by atoms with Crippen molar-refractivity contribution in [1.82, 2.24) is 4.98 Å². The number of alkyl halides is 6. The van der Waals surface area contributed by atoms with Crippen LogP contribution in [-0.4, -0.2) is 11.3 Å². The molecule has 1 aromatic carbocycles. The van der Waals surface area contributed by atoms with Crippen LogP contribution in [0.2, 0.25) is 0 Å². The summed E-state index contributed by atoms with van der Waals surface area (Å²) in [5.41, 5.74) is -1.40. The summed E-state index contributed by atoms with van der Waals surface area (Å²) in [5, 5.41) is 0.280. The first-order chi connectivity index (χ1) is 8.65. The minimum Gasteiger partial charge on any atom is -0.406 e. The zero-order valence-corrected chi connectivity index (χ0v) is 9.01. The van der Waals surface area contributed by atoms with E-state index in [0.717, 1.165) is 24.3 Å². The Hall–Kier alpha value is -1.99. The van der Waals surface area contributed by atoms with E-state index >= 15 is 0 Å². The van der Waals surface area contributed by atoms with Crippen molar-refractivity contribution in [2.75, 3.05) is 0 Å². The Morgan fingerprint density at radius 2 is 1.53 bits per heavy atom. The van der Waals surface area contributed by atoms with Crippen LogP contribution in [0.1, 0.15) is 5.69 Å². The van der Waals surface area contributed by atoms with Crippen LogP contribution in [0.25, 0.3) is 10.9 Å². The fourth-order valence-electron chi connectivity index (χ4n) is 1.45. The van der Waals surface area contributed by atoms with Gasteiger partial charge in [-0.2, -0.15) is 13.2 Å².